The number of anilines is 2. The molecule has 3 aromatic rings. The molecular weight excluding hydrogens is 350 g/mol. The highest BCUT2D eigenvalue weighted by atomic mass is 35.5. The zero-order valence-electron chi connectivity index (χ0n) is 14.4. The highest BCUT2D eigenvalue weighted by Crippen LogP contribution is 2.32. The van der Waals surface area contributed by atoms with Gasteiger partial charge in [0.05, 0.1) is 17.3 Å². The summed E-state index contributed by atoms with van der Waals surface area (Å²) in [6.07, 6.45) is 2.12. The van der Waals surface area contributed by atoms with Crippen LogP contribution in [-0.4, -0.2) is 39.3 Å². The van der Waals surface area contributed by atoms with Crippen molar-refractivity contribution in [2.45, 2.75) is 19.4 Å². The van der Waals surface area contributed by atoms with Crippen molar-refractivity contribution in [1.82, 2.24) is 15.0 Å². The molecule has 2 aromatic heterocycles. The predicted molar refractivity (Wildman–Crippen MR) is 103 cm³/mol. The van der Waals surface area contributed by atoms with Crippen LogP contribution >= 0.6 is 11.6 Å². The maximum atomic E-state index is 10.6. The van der Waals surface area contributed by atoms with Gasteiger partial charge in [0.2, 0.25) is 5.95 Å². The third-order valence-corrected chi connectivity index (χ3v) is 5.39. The van der Waals surface area contributed by atoms with E-state index >= 15 is 0 Å². The summed E-state index contributed by atoms with van der Waals surface area (Å²) in [6, 6.07) is 10.1. The number of para-hydroxylation sites is 1. The zero-order chi connectivity index (χ0) is 18.3. The molecule has 0 bridgehead atoms. The maximum Gasteiger partial charge on any atom is 0.222 e. The molecule has 7 heteroatoms. The van der Waals surface area contributed by atoms with Gasteiger partial charge in [0, 0.05) is 30.6 Å². The van der Waals surface area contributed by atoms with Crippen LogP contribution in [0.4, 0.5) is 11.8 Å². The fourth-order valence-corrected chi connectivity index (χ4v) is 3.82. The molecule has 4 rings (SSSR count). The number of nitrogens with two attached hydrogens (primary N) is 1. The van der Waals surface area contributed by atoms with E-state index in [-0.39, 0.29) is 11.9 Å². The normalized spacial score (nSPS) is 20.0. The molecule has 0 spiro atoms. The Morgan fingerprint density at radius 1 is 1.23 bits per heavy atom. The largest absolute Gasteiger partial charge is 0.391 e. The van der Waals surface area contributed by atoms with Crippen molar-refractivity contribution in [2.24, 2.45) is 5.92 Å². The number of nitrogens with zero attached hydrogens (tertiary/aromatic N) is 4. The van der Waals surface area contributed by atoms with Gasteiger partial charge < -0.3 is 15.7 Å². The molecule has 1 aromatic carbocycles. The van der Waals surface area contributed by atoms with Crippen LogP contribution in [0.2, 0.25) is 5.02 Å². The molecule has 2 unspecified atom stereocenters. The van der Waals surface area contributed by atoms with Crippen LogP contribution < -0.4 is 10.6 Å². The Balaban J connectivity index is 1.60. The average Bonchev–Trinajstić information content (AvgIpc) is 2.99. The highest BCUT2D eigenvalue weighted by molar-refractivity contribution is 6.33. The topological polar surface area (TPSA) is 88.2 Å². The van der Waals surface area contributed by atoms with Crippen molar-refractivity contribution >= 4 is 34.3 Å². The van der Waals surface area contributed by atoms with Crippen LogP contribution in [0.5, 0.6) is 0 Å². The summed E-state index contributed by atoms with van der Waals surface area (Å²) >= 11 is 6.37. The van der Waals surface area contributed by atoms with E-state index in [0.29, 0.717) is 29.6 Å². The number of halogens is 1. The van der Waals surface area contributed by atoms with Gasteiger partial charge in [0.1, 0.15) is 5.02 Å². The first kappa shape index (κ1) is 17.0. The van der Waals surface area contributed by atoms with E-state index in [9.17, 15) is 5.11 Å². The molecule has 26 heavy (non-hydrogen) atoms. The predicted octanol–water partition coefficient (Wildman–Crippen LogP) is 2.61. The summed E-state index contributed by atoms with van der Waals surface area (Å²) in [5.74, 6) is 0.867. The van der Waals surface area contributed by atoms with Gasteiger partial charge in [-0.05, 0) is 31.0 Å². The molecule has 0 amide bonds. The number of aliphatic hydroxyl groups is 1. The summed E-state index contributed by atoms with van der Waals surface area (Å²) in [5, 5.41) is 12.2. The Kier molecular flexibility index (Phi) is 4.38. The Labute approximate surface area is 156 Å². The lowest BCUT2D eigenvalue weighted by atomic mass is 9.94. The molecule has 2 atom stereocenters. The van der Waals surface area contributed by atoms with E-state index in [1.807, 2.05) is 35.4 Å². The summed E-state index contributed by atoms with van der Waals surface area (Å²) in [5.41, 5.74) is 8.57. The monoisotopic (exact) mass is 369 g/mol. The third-order valence-electron chi connectivity index (χ3n) is 4.94. The van der Waals surface area contributed by atoms with Crippen LogP contribution in [0.1, 0.15) is 11.3 Å². The number of pyridine rings is 1. The van der Waals surface area contributed by atoms with Crippen LogP contribution in [0.3, 0.4) is 0 Å². The number of hydrogen-bond acceptors (Lipinski definition) is 6. The van der Waals surface area contributed by atoms with E-state index in [4.69, 9.17) is 17.3 Å². The SMILES string of the molecule is Cc1nc(N)nc(N2CC(O)C(Cc3ccnc4ccccc34)C2)c1Cl. The standard InChI is InChI=1S/C19H20ClN5O/c1-11-17(20)18(24-19(21)23-11)25-9-13(16(26)10-25)8-12-6-7-22-15-5-3-2-4-14(12)15/h2-7,13,16,26H,8-10H2,1H3,(H2,21,23,24). The number of β-amino-alcohol motifs (C(OH)–C–C–N with tert-alkyl or cyclic N) is 1. The van der Waals surface area contributed by atoms with Gasteiger partial charge in [0.25, 0.3) is 0 Å². The van der Waals surface area contributed by atoms with Gasteiger partial charge in [-0.25, -0.2) is 4.98 Å². The molecule has 1 aliphatic rings. The van der Waals surface area contributed by atoms with Crippen molar-refractivity contribution in [2.75, 3.05) is 23.7 Å². The molecule has 3 heterocycles. The van der Waals surface area contributed by atoms with E-state index in [2.05, 4.69) is 21.0 Å². The van der Waals surface area contributed by atoms with E-state index < -0.39 is 6.10 Å². The lowest BCUT2D eigenvalue weighted by Crippen LogP contribution is -2.23. The Hall–Kier alpha value is -2.44. The van der Waals surface area contributed by atoms with Gasteiger partial charge in [-0.1, -0.05) is 29.8 Å². The average molecular weight is 370 g/mol. The lowest BCUT2D eigenvalue weighted by Gasteiger charge is -2.19. The molecule has 0 aliphatic carbocycles. The Morgan fingerprint density at radius 3 is 2.88 bits per heavy atom. The number of rotatable bonds is 3. The number of benzene rings is 1. The molecule has 134 valence electrons. The van der Waals surface area contributed by atoms with E-state index in [1.165, 1.54) is 5.56 Å². The molecule has 0 saturated carbocycles. The molecule has 1 saturated heterocycles. The minimum absolute atomic E-state index is 0.0772. The summed E-state index contributed by atoms with van der Waals surface area (Å²) < 4.78 is 0. The molecule has 1 aliphatic heterocycles. The minimum Gasteiger partial charge on any atom is -0.391 e. The zero-order valence-corrected chi connectivity index (χ0v) is 15.2. The van der Waals surface area contributed by atoms with Gasteiger partial charge in [-0.2, -0.15) is 4.98 Å². The molecule has 3 N–H and O–H groups in total. The number of aryl methyl sites for hydroxylation is 1. The second-order valence-corrected chi connectivity index (χ2v) is 7.11. The Bertz CT molecular complexity index is 959. The fraction of sp³-hybridized carbons (Fsp3) is 0.316. The van der Waals surface area contributed by atoms with Crippen molar-refractivity contribution in [1.29, 1.82) is 0 Å². The molecular formula is C19H20ClN5O. The second-order valence-electron chi connectivity index (χ2n) is 6.73. The van der Waals surface area contributed by atoms with Gasteiger partial charge >= 0.3 is 0 Å². The number of hydrogen-bond donors (Lipinski definition) is 2. The number of fused-ring (bicyclic) bond motifs is 1. The Morgan fingerprint density at radius 2 is 2.04 bits per heavy atom. The number of aromatic nitrogens is 3. The fourth-order valence-electron chi connectivity index (χ4n) is 3.62. The third kappa shape index (κ3) is 3.06. The molecule has 1 fully saturated rings. The second kappa shape index (κ2) is 6.70. The minimum atomic E-state index is -0.463. The van der Waals surface area contributed by atoms with Crippen molar-refractivity contribution in [3.05, 3.63) is 52.8 Å². The van der Waals surface area contributed by atoms with Crippen molar-refractivity contribution in [3.8, 4) is 0 Å². The smallest absolute Gasteiger partial charge is 0.222 e. The van der Waals surface area contributed by atoms with Gasteiger partial charge in [-0.15, -0.1) is 0 Å². The van der Waals surface area contributed by atoms with Gasteiger partial charge in [-0.3, -0.25) is 4.98 Å². The highest BCUT2D eigenvalue weighted by Gasteiger charge is 2.33. The van der Waals surface area contributed by atoms with Crippen molar-refractivity contribution < 1.29 is 5.11 Å². The number of nitrogen functional groups attached to an aromatic ring is 1. The molecule has 0 radical (unpaired) electrons. The number of aliphatic hydroxyl groups excluding tert-OH is 1. The summed E-state index contributed by atoms with van der Waals surface area (Å²) in [7, 11) is 0. The van der Waals surface area contributed by atoms with Crippen molar-refractivity contribution in [3.63, 3.8) is 0 Å². The van der Waals surface area contributed by atoms with E-state index in [0.717, 1.165) is 17.3 Å². The van der Waals surface area contributed by atoms with Crippen LogP contribution in [0, 0.1) is 12.8 Å². The van der Waals surface area contributed by atoms with Gasteiger partial charge in [0.15, 0.2) is 5.82 Å². The quantitative estimate of drug-likeness (QED) is 0.737. The maximum absolute atomic E-state index is 10.6. The first-order valence-electron chi connectivity index (χ1n) is 8.58. The first-order valence-corrected chi connectivity index (χ1v) is 8.96. The lowest BCUT2D eigenvalue weighted by molar-refractivity contribution is 0.148. The first-order chi connectivity index (χ1) is 12.5. The van der Waals surface area contributed by atoms with E-state index in [1.54, 1.807) is 6.92 Å². The summed E-state index contributed by atoms with van der Waals surface area (Å²) in [4.78, 5) is 14.8. The van der Waals surface area contributed by atoms with Crippen LogP contribution in [0.15, 0.2) is 36.5 Å². The van der Waals surface area contributed by atoms with Crippen LogP contribution in [-0.2, 0) is 6.42 Å². The molecule has 6 nitrogen and oxygen atoms in total. The summed E-state index contributed by atoms with van der Waals surface area (Å²) in [6.45, 7) is 2.94. The van der Waals surface area contributed by atoms with Crippen LogP contribution in [0.25, 0.3) is 10.9 Å².